The largest absolute Gasteiger partial charge is 0.416 e. The maximum Gasteiger partial charge on any atom is 0.416 e. The fourth-order valence-electron chi connectivity index (χ4n) is 0.154. The molecule has 0 amide bonds. The Hall–Kier alpha value is 0.440. The average Bonchev–Trinajstić information content (AvgIpc) is 1.64. The maximum absolute atomic E-state index is 11.3. The number of halogens is 4. The Labute approximate surface area is 63.7 Å². The zero-order chi connectivity index (χ0) is 7.49. The van der Waals surface area contributed by atoms with E-state index in [0.717, 1.165) is 0 Å². The number of hydrogen-bond donors (Lipinski definition) is 1. The highest BCUT2D eigenvalue weighted by atomic mass is 127. The van der Waals surface area contributed by atoms with Gasteiger partial charge in [-0.2, -0.15) is 13.2 Å². The predicted molar refractivity (Wildman–Crippen MR) is 32.0 cm³/mol. The Morgan fingerprint density at radius 1 is 1.56 bits per heavy atom. The molecule has 0 fully saturated rings. The molecule has 0 unspecified atom stereocenters. The summed E-state index contributed by atoms with van der Waals surface area (Å²) in [5.41, 5.74) is 0. The van der Waals surface area contributed by atoms with Crippen LogP contribution in [0.5, 0.6) is 0 Å². The molecule has 6 heteroatoms. The van der Waals surface area contributed by atoms with Crippen LogP contribution < -0.4 is 0 Å². The highest BCUT2D eigenvalue weighted by molar-refractivity contribution is 14.1. The Balaban J connectivity index is 3.59. The lowest BCUT2D eigenvalue weighted by Gasteiger charge is -2.11. The van der Waals surface area contributed by atoms with Crippen LogP contribution in [-0.2, 0) is 3.07 Å². The highest BCUT2D eigenvalue weighted by Gasteiger charge is 2.38. The molecule has 0 aliphatic heterocycles. The van der Waals surface area contributed by atoms with Crippen molar-refractivity contribution in [3.05, 3.63) is 0 Å². The van der Waals surface area contributed by atoms with Gasteiger partial charge in [-0.1, -0.05) is 0 Å². The lowest BCUT2D eigenvalue weighted by atomic mass is 10.4. The molecule has 0 heterocycles. The van der Waals surface area contributed by atoms with Gasteiger partial charge in [0.2, 0.25) is 0 Å². The molecule has 0 rings (SSSR count). The first kappa shape index (κ1) is 9.44. The van der Waals surface area contributed by atoms with Crippen LogP contribution >= 0.6 is 23.0 Å². The second-order valence-corrected chi connectivity index (χ2v) is 1.96. The van der Waals surface area contributed by atoms with Gasteiger partial charge < -0.3 is 8.17 Å². The van der Waals surface area contributed by atoms with E-state index in [1.54, 1.807) is 0 Å². The van der Waals surface area contributed by atoms with Crippen LogP contribution in [0.2, 0.25) is 0 Å². The van der Waals surface area contributed by atoms with Crippen molar-refractivity contribution in [2.45, 2.75) is 12.3 Å². The van der Waals surface area contributed by atoms with Crippen molar-refractivity contribution in [2.24, 2.45) is 0 Å². The van der Waals surface area contributed by atoms with E-state index >= 15 is 0 Å². The topological polar surface area (TPSA) is 29.5 Å². The third kappa shape index (κ3) is 3.93. The predicted octanol–water partition coefficient (Wildman–Crippen LogP) is 1.28. The molecule has 1 N–H and O–H groups in total. The first-order valence-electron chi connectivity index (χ1n) is 1.97. The summed E-state index contributed by atoms with van der Waals surface area (Å²) < 4.78 is 37.9. The monoisotopic (exact) mass is 256 g/mol. The molecule has 0 saturated carbocycles. The lowest BCUT2D eigenvalue weighted by molar-refractivity contribution is -0.208. The van der Waals surface area contributed by atoms with Crippen LogP contribution in [0.3, 0.4) is 0 Å². The molecule has 0 aliphatic rings. The Morgan fingerprint density at radius 3 is 2.11 bits per heavy atom. The van der Waals surface area contributed by atoms with Gasteiger partial charge >= 0.3 is 6.18 Å². The minimum absolute atomic E-state index is 0.718. The fourth-order valence-corrected chi connectivity index (χ4v) is 0.495. The van der Waals surface area contributed by atoms with Gasteiger partial charge in [0.1, 0.15) is 23.0 Å². The van der Waals surface area contributed by atoms with E-state index in [2.05, 4.69) is 3.07 Å². The third-order valence-corrected chi connectivity index (χ3v) is 0.958. The van der Waals surface area contributed by atoms with Gasteiger partial charge in [0, 0.05) is 0 Å². The smallest absolute Gasteiger partial charge is 0.382 e. The zero-order valence-corrected chi connectivity index (χ0v) is 6.31. The maximum atomic E-state index is 11.3. The van der Waals surface area contributed by atoms with Crippen LogP contribution in [0.25, 0.3) is 0 Å². The van der Waals surface area contributed by atoms with Crippen molar-refractivity contribution in [2.75, 3.05) is 6.61 Å². The molecule has 0 aliphatic carbocycles. The van der Waals surface area contributed by atoms with E-state index in [9.17, 15) is 13.2 Å². The molecule has 0 saturated heterocycles. The van der Waals surface area contributed by atoms with E-state index < -0.39 is 18.9 Å². The summed E-state index contributed by atoms with van der Waals surface area (Å²) in [4.78, 5) is 0. The molecule has 1 atom stereocenters. The van der Waals surface area contributed by atoms with E-state index in [4.69, 9.17) is 5.11 Å². The normalized spacial score (nSPS) is 15.7. The molecule has 9 heavy (non-hydrogen) atoms. The molecule has 56 valence electrons. The van der Waals surface area contributed by atoms with E-state index in [0.29, 0.717) is 0 Å². The van der Waals surface area contributed by atoms with Crippen molar-refractivity contribution in [3.8, 4) is 0 Å². The number of hydrogen-bond acceptors (Lipinski definition) is 2. The van der Waals surface area contributed by atoms with Gasteiger partial charge in [0.25, 0.3) is 0 Å². The van der Waals surface area contributed by atoms with Crippen molar-refractivity contribution >= 4 is 23.0 Å². The summed E-state index contributed by atoms with van der Waals surface area (Å²) in [6, 6.07) is 0. The molecular weight excluding hydrogens is 252 g/mol. The van der Waals surface area contributed by atoms with E-state index in [-0.39, 0.29) is 0 Å². The molecule has 0 aromatic carbocycles. The summed E-state index contributed by atoms with van der Waals surface area (Å²) in [6.45, 7) is -0.718. The van der Waals surface area contributed by atoms with Crippen molar-refractivity contribution in [1.29, 1.82) is 0 Å². The van der Waals surface area contributed by atoms with E-state index in [1.807, 2.05) is 0 Å². The van der Waals surface area contributed by atoms with Gasteiger partial charge in [-0.15, -0.1) is 0 Å². The minimum Gasteiger partial charge on any atom is -0.382 e. The van der Waals surface area contributed by atoms with Gasteiger partial charge in [0.05, 0.1) is 6.61 Å². The fraction of sp³-hybridized carbons (Fsp3) is 1.00. The van der Waals surface area contributed by atoms with Gasteiger partial charge in [-0.25, -0.2) is 0 Å². The number of aliphatic hydroxyl groups is 1. The molecule has 0 spiro atoms. The lowest BCUT2D eigenvalue weighted by Crippen LogP contribution is -2.31. The van der Waals surface area contributed by atoms with Crippen LogP contribution in [0, 0.1) is 0 Å². The Kier molecular flexibility index (Phi) is 3.74. The van der Waals surface area contributed by atoms with Crippen molar-refractivity contribution in [3.63, 3.8) is 0 Å². The first-order valence-corrected chi connectivity index (χ1v) is 2.85. The summed E-state index contributed by atoms with van der Waals surface area (Å²) >= 11 is 1.28. The number of rotatable bonds is 2. The Morgan fingerprint density at radius 2 is 2.00 bits per heavy atom. The highest BCUT2D eigenvalue weighted by Crippen LogP contribution is 2.20. The zero-order valence-electron chi connectivity index (χ0n) is 4.15. The molecule has 0 aromatic heterocycles. The van der Waals surface area contributed by atoms with E-state index in [1.165, 1.54) is 23.0 Å². The third-order valence-electron chi connectivity index (χ3n) is 0.599. The molecule has 0 bridgehead atoms. The van der Waals surface area contributed by atoms with Gasteiger partial charge in [-0.05, 0) is 0 Å². The minimum atomic E-state index is -4.56. The van der Waals surface area contributed by atoms with Crippen molar-refractivity contribution < 1.29 is 21.3 Å². The second kappa shape index (κ2) is 3.57. The molecule has 2 nitrogen and oxygen atoms in total. The first-order chi connectivity index (χ1) is 3.98. The molecule has 0 aromatic rings. The molecular formula is C3H4F3IO2. The standard InChI is InChI=1S/C3H4F3IO2/c4-3(5,6)2(8)1-9-7/h2,8H,1H2/t2-/m0/s1. The summed E-state index contributed by atoms with van der Waals surface area (Å²) in [5.74, 6) is 0. The van der Waals surface area contributed by atoms with Crippen LogP contribution in [0.1, 0.15) is 0 Å². The number of alkyl halides is 3. The summed E-state index contributed by atoms with van der Waals surface area (Å²) in [7, 11) is 0. The average molecular weight is 256 g/mol. The van der Waals surface area contributed by atoms with Gasteiger partial charge in [0.15, 0.2) is 6.10 Å². The number of aliphatic hydroxyl groups excluding tert-OH is 1. The van der Waals surface area contributed by atoms with Crippen molar-refractivity contribution in [1.82, 2.24) is 0 Å². The van der Waals surface area contributed by atoms with Gasteiger partial charge in [-0.3, -0.25) is 0 Å². The summed E-state index contributed by atoms with van der Waals surface area (Å²) in [5, 5.41) is 8.13. The van der Waals surface area contributed by atoms with Crippen LogP contribution in [0.15, 0.2) is 0 Å². The SMILES string of the molecule is O[C@@H](COI)C(F)(F)F. The van der Waals surface area contributed by atoms with Crippen LogP contribution in [0.4, 0.5) is 13.2 Å². The molecule has 0 radical (unpaired) electrons. The summed E-state index contributed by atoms with van der Waals surface area (Å²) in [6.07, 6.45) is -6.93. The quantitative estimate of drug-likeness (QED) is 0.754. The Bertz CT molecular complexity index is 83.6. The second-order valence-electron chi connectivity index (χ2n) is 1.33. The van der Waals surface area contributed by atoms with Crippen LogP contribution in [-0.4, -0.2) is 24.0 Å².